The molecule has 1 heterocycles. The molecule has 0 fully saturated rings. The quantitative estimate of drug-likeness (QED) is 0.265. The third kappa shape index (κ3) is 5.46. The van der Waals surface area contributed by atoms with E-state index >= 15 is 0 Å². The van der Waals surface area contributed by atoms with Crippen LogP contribution in [0.3, 0.4) is 0 Å². The molecule has 2 N–H and O–H groups in total. The van der Waals surface area contributed by atoms with Crippen LogP contribution in [-0.4, -0.2) is 21.9 Å². The average Bonchev–Trinajstić information content (AvgIpc) is 3.18. The number of nitrogens with zero attached hydrogens (tertiary/aromatic N) is 2. The van der Waals surface area contributed by atoms with Gasteiger partial charge < -0.3 is 15.2 Å². The Morgan fingerprint density at radius 1 is 1.03 bits per heavy atom. The van der Waals surface area contributed by atoms with Crippen molar-refractivity contribution < 1.29 is 23.0 Å². The number of nitrogens with one attached hydrogen (secondary N) is 1. The number of hydrogen-bond acceptors (Lipinski definition) is 4. The van der Waals surface area contributed by atoms with Crippen LogP contribution in [0.1, 0.15) is 16.8 Å². The van der Waals surface area contributed by atoms with Crippen molar-refractivity contribution in [3.63, 3.8) is 0 Å². The van der Waals surface area contributed by atoms with Gasteiger partial charge in [-0.15, -0.1) is 0 Å². The molecule has 0 aliphatic rings. The maximum atomic E-state index is 13.6. The lowest BCUT2D eigenvalue weighted by Gasteiger charge is -2.18. The normalized spacial score (nSPS) is 11.6. The van der Waals surface area contributed by atoms with Crippen molar-refractivity contribution in [2.24, 2.45) is 7.05 Å². The molecule has 4 rings (SSSR count). The van der Waals surface area contributed by atoms with E-state index in [2.05, 4.69) is 10.4 Å². The van der Waals surface area contributed by atoms with E-state index in [1.54, 1.807) is 61.2 Å². The maximum Gasteiger partial charge on any atom is 0.417 e. The van der Waals surface area contributed by atoms with Crippen LogP contribution in [0.15, 0.2) is 60.7 Å². The SMILES string of the molecule is CNCc1cc(-c2ccc(OCc3ccc(Cl)cc3)c(-c3ccc(Cl)c(C(F)(F)F)c3)c2O)n(C)n1. The molecule has 3 aromatic carbocycles. The number of benzene rings is 3. The molecule has 1 aromatic heterocycles. The van der Waals surface area contributed by atoms with Crippen molar-refractivity contribution in [2.45, 2.75) is 19.3 Å². The van der Waals surface area contributed by atoms with Gasteiger partial charge >= 0.3 is 6.18 Å². The molecule has 5 nitrogen and oxygen atoms in total. The summed E-state index contributed by atoms with van der Waals surface area (Å²) in [5, 5.41) is 18.9. The van der Waals surface area contributed by atoms with Crippen LogP contribution in [0, 0.1) is 0 Å². The zero-order valence-corrected chi connectivity index (χ0v) is 20.8. The molecule has 0 spiro atoms. The highest BCUT2D eigenvalue weighted by molar-refractivity contribution is 6.31. The Hall–Kier alpha value is -3.20. The second-order valence-corrected chi connectivity index (χ2v) is 8.96. The largest absolute Gasteiger partial charge is 0.506 e. The smallest absolute Gasteiger partial charge is 0.417 e. The maximum absolute atomic E-state index is 13.6. The van der Waals surface area contributed by atoms with Crippen molar-refractivity contribution in [3.8, 4) is 33.9 Å². The number of alkyl halides is 3. The predicted octanol–water partition coefficient (Wildman–Crippen LogP) is 7.08. The molecule has 0 saturated carbocycles. The van der Waals surface area contributed by atoms with Crippen molar-refractivity contribution in [2.75, 3.05) is 7.05 Å². The predicted molar refractivity (Wildman–Crippen MR) is 134 cm³/mol. The molecule has 0 atom stereocenters. The first-order valence-corrected chi connectivity index (χ1v) is 11.6. The summed E-state index contributed by atoms with van der Waals surface area (Å²) in [7, 11) is 3.51. The Labute approximate surface area is 216 Å². The molecule has 36 heavy (non-hydrogen) atoms. The number of halogens is 5. The van der Waals surface area contributed by atoms with Crippen LogP contribution in [0.25, 0.3) is 22.4 Å². The number of ether oxygens (including phenoxy) is 1. The number of rotatable bonds is 7. The zero-order valence-electron chi connectivity index (χ0n) is 19.3. The topological polar surface area (TPSA) is 59.3 Å². The summed E-state index contributed by atoms with van der Waals surface area (Å²) in [5.74, 6) is -0.0303. The van der Waals surface area contributed by atoms with Crippen LogP contribution in [0.5, 0.6) is 11.5 Å². The van der Waals surface area contributed by atoms with Gasteiger partial charge in [-0.05, 0) is 60.6 Å². The van der Waals surface area contributed by atoms with Gasteiger partial charge in [-0.3, -0.25) is 4.68 Å². The molecule has 0 aliphatic carbocycles. The van der Waals surface area contributed by atoms with Crippen molar-refractivity contribution in [1.29, 1.82) is 0 Å². The van der Waals surface area contributed by atoms with Gasteiger partial charge in [0.15, 0.2) is 0 Å². The number of aryl methyl sites for hydroxylation is 1. The van der Waals surface area contributed by atoms with E-state index < -0.39 is 16.8 Å². The van der Waals surface area contributed by atoms with E-state index in [1.165, 1.54) is 6.07 Å². The monoisotopic (exact) mass is 535 g/mol. The van der Waals surface area contributed by atoms with Gasteiger partial charge in [0.1, 0.15) is 18.1 Å². The molecular weight excluding hydrogens is 514 g/mol. The average molecular weight is 536 g/mol. The zero-order chi connectivity index (χ0) is 26.0. The summed E-state index contributed by atoms with van der Waals surface area (Å²) in [6.07, 6.45) is -4.67. The van der Waals surface area contributed by atoms with E-state index in [1.807, 2.05) is 0 Å². The van der Waals surface area contributed by atoms with Gasteiger partial charge in [0.05, 0.1) is 27.5 Å². The highest BCUT2D eigenvalue weighted by Crippen LogP contribution is 2.46. The number of aromatic nitrogens is 2. The number of phenolic OH excluding ortho intramolecular Hbond substituents is 1. The summed E-state index contributed by atoms with van der Waals surface area (Å²) >= 11 is 11.8. The first-order chi connectivity index (χ1) is 17.1. The fourth-order valence-electron chi connectivity index (χ4n) is 3.86. The van der Waals surface area contributed by atoms with Crippen LogP contribution in [0.4, 0.5) is 13.2 Å². The van der Waals surface area contributed by atoms with E-state index in [0.717, 1.165) is 23.4 Å². The fourth-order valence-corrected chi connectivity index (χ4v) is 4.22. The lowest BCUT2D eigenvalue weighted by molar-refractivity contribution is -0.137. The first kappa shape index (κ1) is 25.9. The fraction of sp³-hybridized carbons (Fsp3) is 0.192. The Morgan fingerprint density at radius 3 is 2.42 bits per heavy atom. The molecule has 4 aromatic rings. The Bertz CT molecular complexity index is 1390. The van der Waals surface area contributed by atoms with E-state index in [0.29, 0.717) is 22.8 Å². The van der Waals surface area contributed by atoms with Crippen LogP contribution < -0.4 is 10.1 Å². The van der Waals surface area contributed by atoms with Gasteiger partial charge in [0.2, 0.25) is 0 Å². The lowest BCUT2D eigenvalue weighted by atomic mass is 9.97. The Morgan fingerprint density at radius 2 is 1.75 bits per heavy atom. The first-order valence-electron chi connectivity index (χ1n) is 10.9. The van der Waals surface area contributed by atoms with Crippen LogP contribution in [0.2, 0.25) is 10.0 Å². The molecule has 0 bridgehead atoms. The molecule has 188 valence electrons. The minimum absolute atomic E-state index is 0.106. The molecule has 0 aliphatic heterocycles. The summed E-state index contributed by atoms with van der Waals surface area (Å²) in [6, 6.07) is 15.5. The summed E-state index contributed by atoms with van der Waals surface area (Å²) in [6.45, 7) is 0.622. The Kier molecular flexibility index (Phi) is 7.49. The summed E-state index contributed by atoms with van der Waals surface area (Å²) in [5.41, 5.74) is 1.73. The molecule has 0 unspecified atom stereocenters. The van der Waals surface area contributed by atoms with Crippen LogP contribution >= 0.6 is 23.2 Å². The van der Waals surface area contributed by atoms with Crippen molar-refractivity contribution in [1.82, 2.24) is 15.1 Å². The van der Waals surface area contributed by atoms with Crippen LogP contribution in [-0.2, 0) is 26.4 Å². The standard InChI is InChI=1S/C26H22Cl2F3N3O2/c1-32-13-18-12-22(34(2)33-18)19-8-10-23(36-14-15-3-6-17(27)7-4-15)24(25(19)35)16-5-9-21(28)20(11-16)26(29,30)31/h3-12,32,35H,13-14H2,1-2H3. The lowest BCUT2D eigenvalue weighted by Crippen LogP contribution is -2.06. The van der Waals surface area contributed by atoms with Gasteiger partial charge in [0.25, 0.3) is 0 Å². The third-order valence-corrected chi connectivity index (χ3v) is 6.15. The van der Waals surface area contributed by atoms with E-state index in [4.69, 9.17) is 27.9 Å². The van der Waals surface area contributed by atoms with Crippen molar-refractivity contribution in [3.05, 3.63) is 87.5 Å². The second-order valence-electron chi connectivity index (χ2n) is 8.12. The van der Waals surface area contributed by atoms with E-state index in [9.17, 15) is 18.3 Å². The summed E-state index contributed by atoms with van der Waals surface area (Å²) < 4.78 is 48.4. The minimum atomic E-state index is -4.67. The second kappa shape index (κ2) is 10.4. The highest BCUT2D eigenvalue weighted by Gasteiger charge is 2.34. The number of phenols is 1. The molecule has 0 amide bonds. The van der Waals surface area contributed by atoms with Gasteiger partial charge in [-0.1, -0.05) is 41.4 Å². The number of hydrogen-bond donors (Lipinski definition) is 2. The molecule has 0 radical (unpaired) electrons. The Balaban J connectivity index is 1.85. The molecular formula is C26H22Cl2F3N3O2. The van der Waals surface area contributed by atoms with Crippen molar-refractivity contribution >= 4 is 23.2 Å². The van der Waals surface area contributed by atoms with E-state index in [-0.39, 0.29) is 29.2 Å². The third-order valence-electron chi connectivity index (χ3n) is 5.57. The highest BCUT2D eigenvalue weighted by atomic mass is 35.5. The van der Waals surface area contributed by atoms with Gasteiger partial charge in [-0.2, -0.15) is 18.3 Å². The van der Waals surface area contributed by atoms with Gasteiger partial charge in [0, 0.05) is 24.2 Å². The van der Waals surface area contributed by atoms with Gasteiger partial charge in [-0.25, -0.2) is 0 Å². The molecule has 10 heteroatoms. The summed E-state index contributed by atoms with van der Waals surface area (Å²) in [4.78, 5) is 0. The number of aromatic hydroxyl groups is 1. The minimum Gasteiger partial charge on any atom is -0.506 e. The molecule has 0 saturated heterocycles.